The summed E-state index contributed by atoms with van der Waals surface area (Å²) < 4.78 is 10.5. The summed E-state index contributed by atoms with van der Waals surface area (Å²) in [5.41, 5.74) is 2.24. The van der Waals surface area contributed by atoms with Crippen molar-refractivity contribution in [3.05, 3.63) is 52.9 Å². The zero-order valence-electron chi connectivity index (χ0n) is 14.1. The Labute approximate surface area is 159 Å². The van der Waals surface area contributed by atoms with Crippen molar-refractivity contribution in [3.63, 3.8) is 0 Å². The molecular formula is C18H16ClN3O3S. The lowest BCUT2D eigenvalue weighted by atomic mass is 10.1. The Balaban J connectivity index is 1.69. The van der Waals surface area contributed by atoms with E-state index in [9.17, 15) is 4.79 Å². The van der Waals surface area contributed by atoms with Gasteiger partial charge >= 0.3 is 6.03 Å². The third kappa shape index (κ3) is 4.25. The van der Waals surface area contributed by atoms with Gasteiger partial charge in [0, 0.05) is 21.7 Å². The number of carbonyl (C=O) groups excluding carboxylic acids is 1. The molecule has 2 aromatic carbocycles. The van der Waals surface area contributed by atoms with Crippen LogP contribution in [0.15, 0.2) is 47.8 Å². The van der Waals surface area contributed by atoms with Crippen LogP contribution < -0.4 is 20.1 Å². The summed E-state index contributed by atoms with van der Waals surface area (Å²) in [6.07, 6.45) is 0. The third-order valence-electron chi connectivity index (χ3n) is 3.51. The van der Waals surface area contributed by atoms with Gasteiger partial charge in [-0.05, 0) is 42.5 Å². The lowest BCUT2D eigenvalue weighted by Crippen LogP contribution is -2.19. The Morgan fingerprint density at radius 2 is 1.77 bits per heavy atom. The average Bonchev–Trinajstić information content (AvgIpc) is 3.11. The Hall–Kier alpha value is -2.77. The molecule has 1 heterocycles. The van der Waals surface area contributed by atoms with Gasteiger partial charge in [-0.1, -0.05) is 11.6 Å². The molecule has 0 aliphatic rings. The van der Waals surface area contributed by atoms with Crippen molar-refractivity contribution >= 4 is 39.8 Å². The van der Waals surface area contributed by atoms with Crippen molar-refractivity contribution in [1.82, 2.24) is 4.98 Å². The summed E-state index contributed by atoms with van der Waals surface area (Å²) in [6, 6.07) is 12.0. The van der Waals surface area contributed by atoms with Crippen molar-refractivity contribution in [1.29, 1.82) is 0 Å². The number of aromatic nitrogens is 1. The Bertz CT molecular complexity index is 912. The SMILES string of the molecule is COc1ccc(-c2csc(NC(=O)Nc3ccc(Cl)cc3)n2)cc1OC. The van der Waals surface area contributed by atoms with Gasteiger partial charge in [-0.2, -0.15) is 0 Å². The Kier molecular flexibility index (Phi) is 5.60. The normalized spacial score (nSPS) is 10.3. The van der Waals surface area contributed by atoms with Crippen molar-refractivity contribution in [2.75, 3.05) is 24.9 Å². The fourth-order valence-corrected chi connectivity index (χ4v) is 3.09. The summed E-state index contributed by atoms with van der Waals surface area (Å²) in [6.45, 7) is 0. The van der Waals surface area contributed by atoms with Crippen LogP contribution in [-0.4, -0.2) is 25.2 Å². The van der Waals surface area contributed by atoms with Crippen LogP contribution in [0.2, 0.25) is 5.02 Å². The van der Waals surface area contributed by atoms with Gasteiger partial charge in [0.05, 0.1) is 19.9 Å². The van der Waals surface area contributed by atoms with E-state index < -0.39 is 0 Å². The topological polar surface area (TPSA) is 72.5 Å². The quantitative estimate of drug-likeness (QED) is 0.634. The zero-order chi connectivity index (χ0) is 18.5. The second-order valence-electron chi connectivity index (χ2n) is 5.19. The summed E-state index contributed by atoms with van der Waals surface area (Å²) in [7, 11) is 3.17. The highest BCUT2D eigenvalue weighted by molar-refractivity contribution is 7.14. The number of ether oxygens (including phenoxy) is 2. The summed E-state index contributed by atoms with van der Waals surface area (Å²) in [5, 5.41) is 8.39. The number of carbonyl (C=O) groups is 1. The molecule has 2 N–H and O–H groups in total. The third-order valence-corrected chi connectivity index (χ3v) is 4.52. The number of rotatable bonds is 5. The number of anilines is 2. The van der Waals surface area contributed by atoms with Crippen LogP contribution in [0.1, 0.15) is 0 Å². The number of hydrogen-bond donors (Lipinski definition) is 2. The van der Waals surface area contributed by atoms with Crippen molar-refractivity contribution in [3.8, 4) is 22.8 Å². The van der Waals surface area contributed by atoms with Crippen LogP contribution in [0.5, 0.6) is 11.5 Å². The Morgan fingerprint density at radius 1 is 1.04 bits per heavy atom. The molecular weight excluding hydrogens is 374 g/mol. The second-order valence-corrected chi connectivity index (χ2v) is 6.49. The van der Waals surface area contributed by atoms with E-state index in [-0.39, 0.29) is 6.03 Å². The van der Waals surface area contributed by atoms with E-state index in [4.69, 9.17) is 21.1 Å². The fourth-order valence-electron chi connectivity index (χ4n) is 2.25. The molecule has 8 heteroatoms. The number of methoxy groups -OCH3 is 2. The standard InChI is InChI=1S/C18H16ClN3O3S/c1-24-15-8-3-11(9-16(15)25-2)14-10-26-18(21-14)22-17(23)20-13-6-4-12(19)5-7-13/h3-10H,1-2H3,(H2,20,21,22,23). The van der Waals surface area contributed by atoms with E-state index in [0.29, 0.717) is 27.3 Å². The lowest BCUT2D eigenvalue weighted by molar-refractivity contribution is 0.262. The number of benzene rings is 2. The number of halogens is 1. The molecule has 3 rings (SSSR count). The molecule has 0 aliphatic carbocycles. The highest BCUT2D eigenvalue weighted by Crippen LogP contribution is 2.33. The highest BCUT2D eigenvalue weighted by Gasteiger charge is 2.11. The van der Waals surface area contributed by atoms with E-state index in [1.54, 1.807) is 38.5 Å². The maximum Gasteiger partial charge on any atom is 0.325 e. The summed E-state index contributed by atoms with van der Waals surface area (Å²) >= 11 is 7.16. The molecule has 0 atom stereocenters. The highest BCUT2D eigenvalue weighted by atomic mass is 35.5. The predicted molar refractivity (Wildman–Crippen MR) is 105 cm³/mol. The van der Waals surface area contributed by atoms with Gasteiger partial charge in [-0.3, -0.25) is 5.32 Å². The molecule has 26 heavy (non-hydrogen) atoms. The maximum atomic E-state index is 12.1. The smallest absolute Gasteiger partial charge is 0.325 e. The number of nitrogens with one attached hydrogen (secondary N) is 2. The van der Waals surface area contributed by atoms with E-state index in [1.807, 2.05) is 23.6 Å². The number of urea groups is 1. The van der Waals surface area contributed by atoms with Crippen LogP contribution in [0.25, 0.3) is 11.3 Å². The molecule has 1 aromatic heterocycles. The summed E-state index contributed by atoms with van der Waals surface area (Å²) in [4.78, 5) is 16.5. The monoisotopic (exact) mass is 389 g/mol. The molecule has 0 fully saturated rings. The molecule has 0 aliphatic heterocycles. The van der Waals surface area contributed by atoms with Gasteiger partial charge in [0.25, 0.3) is 0 Å². The molecule has 0 saturated heterocycles. The summed E-state index contributed by atoms with van der Waals surface area (Å²) in [5.74, 6) is 1.26. The fraction of sp³-hybridized carbons (Fsp3) is 0.111. The minimum absolute atomic E-state index is 0.375. The van der Waals surface area contributed by atoms with Crippen LogP contribution in [0, 0.1) is 0 Å². The maximum absolute atomic E-state index is 12.1. The first kappa shape index (κ1) is 18.0. The first-order valence-corrected chi connectivity index (χ1v) is 8.86. The van der Waals surface area contributed by atoms with Crippen molar-refractivity contribution in [2.45, 2.75) is 0 Å². The van der Waals surface area contributed by atoms with Gasteiger partial charge in [-0.25, -0.2) is 9.78 Å². The molecule has 3 aromatic rings. The van der Waals surface area contributed by atoms with Gasteiger partial charge in [0.1, 0.15) is 0 Å². The van der Waals surface area contributed by atoms with Gasteiger partial charge < -0.3 is 14.8 Å². The predicted octanol–water partition coefficient (Wildman–Crippen LogP) is 5.12. The molecule has 0 radical (unpaired) electrons. The first-order valence-electron chi connectivity index (χ1n) is 7.60. The second kappa shape index (κ2) is 8.07. The van der Waals surface area contributed by atoms with Gasteiger partial charge in [-0.15, -0.1) is 11.3 Å². The molecule has 6 nitrogen and oxygen atoms in total. The molecule has 134 valence electrons. The number of hydrogen-bond acceptors (Lipinski definition) is 5. The van der Waals surface area contributed by atoms with E-state index in [1.165, 1.54) is 11.3 Å². The Morgan fingerprint density at radius 3 is 2.46 bits per heavy atom. The van der Waals surface area contributed by atoms with Crippen LogP contribution in [-0.2, 0) is 0 Å². The van der Waals surface area contributed by atoms with Gasteiger partial charge in [0.2, 0.25) is 0 Å². The van der Waals surface area contributed by atoms with Gasteiger partial charge in [0.15, 0.2) is 16.6 Å². The molecule has 0 bridgehead atoms. The minimum atomic E-state index is -0.375. The van der Waals surface area contributed by atoms with E-state index in [0.717, 1.165) is 11.3 Å². The molecule has 0 unspecified atom stereocenters. The zero-order valence-corrected chi connectivity index (χ0v) is 15.6. The van der Waals surface area contributed by atoms with E-state index in [2.05, 4.69) is 15.6 Å². The number of nitrogens with zero attached hydrogens (tertiary/aromatic N) is 1. The number of amides is 2. The van der Waals surface area contributed by atoms with Crippen molar-refractivity contribution in [2.24, 2.45) is 0 Å². The lowest BCUT2D eigenvalue weighted by Gasteiger charge is -2.08. The molecule has 2 amide bonds. The van der Waals surface area contributed by atoms with E-state index >= 15 is 0 Å². The number of thiazole rings is 1. The van der Waals surface area contributed by atoms with Crippen LogP contribution >= 0.6 is 22.9 Å². The molecule has 0 saturated carbocycles. The van der Waals surface area contributed by atoms with Crippen LogP contribution in [0.3, 0.4) is 0 Å². The van der Waals surface area contributed by atoms with Crippen molar-refractivity contribution < 1.29 is 14.3 Å². The largest absolute Gasteiger partial charge is 0.493 e. The molecule has 0 spiro atoms. The minimum Gasteiger partial charge on any atom is -0.493 e. The first-order chi connectivity index (χ1) is 12.6. The average molecular weight is 390 g/mol. The van der Waals surface area contributed by atoms with Crippen LogP contribution in [0.4, 0.5) is 15.6 Å².